The van der Waals surface area contributed by atoms with Crippen LogP contribution in [0.1, 0.15) is 36.0 Å². The van der Waals surface area contributed by atoms with Crippen LogP contribution in [0, 0.1) is 0 Å². The summed E-state index contributed by atoms with van der Waals surface area (Å²) in [5.41, 5.74) is 0.424. The number of phenolic OH excluding ortho intramolecular Hbond substituents is 2. The van der Waals surface area contributed by atoms with Gasteiger partial charge in [0.05, 0.1) is 4.88 Å². The predicted molar refractivity (Wildman–Crippen MR) is 80.7 cm³/mol. The van der Waals surface area contributed by atoms with Gasteiger partial charge in [-0.15, -0.1) is 11.3 Å². The fourth-order valence-corrected chi connectivity index (χ4v) is 2.51. The van der Waals surface area contributed by atoms with Gasteiger partial charge in [-0.05, 0) is 22.9 Å². The Labute approximate surface area is 121 Å². The number of amides is 1. The fraction of sp³-hybridized carbons (Fsp3) is 0.267. The average molecular weight is 291 g/mol. The van der Waals surface area contributed by atoms with E-state index in [9.17, 15) is 15.0 Å². The summed E-state index contributed by atoms with van der Waals surface area (Å²) in [7, 11) is 0. The number of phenols is 2. The van der Waals surface area contributed by atoms with Gasteiger partial charge in [-0.3, -0.25) is 4.79 Å². The van der Waals surface area contributed by atoms with E-state index in [1.165, 1.54) is 17.4 Å². The molecule has 0 saturated carbocycles. The minimum Gasteiger partial charge on any atom is -0.506 e. The Morgan fingerprint density at radius 2 is 1.90 bits per heavy atom. The zero-order chi connectivity index (χ0) is 14.9. The standard InChI is InChI=1S/C15H17NO3S/c1-15(2,3)9-6-7-10(17)12(13(9)18)16-14(19)11-5-4-8-20-11/h4-8,17-18H,1-3H3,(H,16,19). The Kier molecular flexibility index (Phi) is 3.72. The molecule has 2 rings (SSSR count). The Balaban J connectivity index is 2.39. The zero-order valence-corrected chi connectivity index (χ0v) is 12.4. The minimum atomic E-state index is -0.350. The third-order valence-corrected chi connectivity index (χ3v) is 3.82. The lowest BCUT2D eigenvalue weighted by Gasteiger charge is -2.22. The minimum absolute atomic E-state index is 0.0517. The van der Waals surface area contributed by atoms with E-state index in [2.05, 4.69) is 5.32 Å². The molecule has 0 aliphatic carbocycles. The maximum absolute atomic E-state index is 12.0. The lowest BCUT2D eigenvalue weighted by Crippen LogP contribution is -2.14. The molecule has 0 saturated heterocycles. The molecule has 1 aromatic heterocycles. The molecule has 1 amide bonds. The van der Waals surface area contributed by atoms with Crippen LogP contribution in [0.15, 0.2) is 29.6 Å². The number of benzene rings is 1. The summed E-state index contributed by atoms with van der Waals surface area (Å²) in [5, 5.41) is 24.5. The van der Waals surface area contributed by atoms with Gasteiger partial charge in [0.1, 0.15) is 17.2 Å². The molecule has 1 heterocycles. The van der Waals surface area contributed by atoms with E-state index in [-0.39, 0.29) is 28.5 Å². The Bertz CT molecular complexity index is 627. The first kappa shape index (κ1) is 14.4. The summed E-state index contributed by atoms with van der Waals surface area (Å²) in [5.74, 6) is -0.598. The van der Waals surface area contributed by atoms with Crippen LogP contribution in [-0.2, 0) is 5.41 Å². The van der Waals surface area contributed by atoms with Gasteiger partial charge in [-0.25, -0.2) is 0 Å². The van der Waals surface area contributed by atoms with Crippen molar-refractivity contribution in [2.75, 3.05) is 5.32 Å². The van der Waals surface area contributed by atoms with Gasteiger partial charge >= 0.3 is 0 Å². The molecule has 5 heteroatoms. The topological polar surface area (TPSA) is 69.6 Å². The summed E-state index contributed by atoms with van der Waals surface area (Å²) in [6, 6.07) is 6.59. The summed E-state index contributed by atoms with van der Waals surface area (Å²) in [4.78, 5) is 12.5. The number of carbonyl (C=O) groups is 1. The summed E-state index contributed by atoms with van der Waals surface area (Å²) < 4.78 is 0. The van der Waals surface area contributed by atoms with Crippen molar-refractivity contribution < 1.29 is 15.0 Å². The second-order valence-corrected chi connectivity index (χ2v) is 6.48. The molecule has 0 aliphatic rings. The van der Waals surface area contributed by atoms with E-state index in [0.717, 1.165) is 0 Å². The van der Waals surface area contributed by atoms with E-state index in [0.29, 0.717) is 10.4 Å². The van der Waals surface area contributed by atoms with Gasteiger partial charge in [0.15, 0.2) is 0 Å². The van der Waals surface area contributed by atoms with Crippen LogP contribution in [0.4, 0.5) is 5.69 Å². The molecule has 0 spiro atoms. The Morgan fingerprint density at radius 3 is 2.45 bits per heavy atom. The fourth-order valence-electron chi connectivity index (χ4n) is 1.89. The number of anilines is 1. The third-order valence-electron chi connectivity index (χ3n) is 2.95. The van der Waals surface area contributed by atoms with Gasteiger partial charge in [0.25, 0.3) is 5.91 Å². The largest absolute Gasteiger partial charge is 0.506 e. The summed E-state index contributed by atoms with van der Waals surface area (Å²) in [6.07, 6.45) is 0. The molecule has 0 unspecified atom stereocenters. The zero-order valence-electron chi connectivity index (χ0n) is 11.6. The molecule has 20 heavy (non-hydrogen) atoms. The summed E-state index contributed by atoms with van der Waals surface area (Å²) in [6.45, 7) is 5.85. The lowest BCUT2D eigenvalue weighted by atomic mass is 9.86. The van der Waals surface area contributed by atoms with Crippen molar-refractivity contribution in [3.63, 3.8) is 0 Å². The van der Waals surface area contributed by atoms with Gasteiger partial charge < -0.3 is 15.5 Å². The quantitative estimate of drug-likeness (QED) is 0.739. The second kappa shape index (κ2) is 5.17. The number of rotatable bonds is 2. The highest BCUT2D eigenvalue weighted by atomic mass is 32.1. The molecule has 0 fully saturated rings. The van der Waals surface area contributed by atoms with E-state index in [1.54, 1.807) is 23.6 Å². The van der Waals surface area contributed by atoms with E-state index in [1.807, 2.05) is 20.8 Å². The van der Waals surface area contributed by atoms with Crippen LogP contribution >= 0.6 is 11.3 Å². The van der Waals surface area contributed by atoms with E-state index < -0.39 is 0 Å². The molecular weight excluding hydrogens is 274 g/mol. The third kappa shape index (κ3) is 2.77. The van der Waals surface area contributed by atoms with Crippen molar-refractivity contribution in [3.05, 3.63) is 40.1 Å². The van der Waals surface area contributed by atoms with Crippen LogP contribution < -0.4 is 5.32 Å². The number of hydrogen-bond acceptors (Lipinski definition) is 4. The molecule has 1 aromatic carbocycles. The molecule has 0 radical (unpaired) electrons. The first-order chi connectivity index (χ1) is 9.30. The van der Waals surface area contributed by atoms with Crippen LogP contribution in [0.2, 0.25) is 0 Å². The van der Waals surface area contributed by atoms with Gasteiger partial charge in [0.2, 0.25) is 0 Å². The lowest BCUT2D eigenvalue weighted by molar-refractivity contribution is 0.102. The van der Waals surface area contributed by atoms with E-state index >= 15 is 0 Å². The Morgan fingerprint density at radius 1 is 1.20 bits per heavy atom. The maximum Gasteiger partial charge on any atom is 0.265 e. The number of carbonyl (C=O) groups excluding carboxylic acids is 1. The van der Waals surface area contributed by atoms with Crippen LogP contribution in [0.5, 0.6) is 11.5 Å². The molecular formula is C15H17NO3S. The molecule has 3 N–H and O–H groups in total. The van der Waals surface area contributed by atoms with Crippen molar-refractivity contribution >= 4 is 22.9 Å². The monoisotopic (exact) mass is 291 g/mol. The van der Waals surface area contributed by atoms with Crippen molar-refractivity contribution in [2.45, 2.75) is 26.2 Å². The highest BCUT2D eigenvalue weighted by Gasteiger charge is 2.23. The van der Waals surface area contributed by atoms with Crippen molar-refractivity contribution in [1.29, 1.82) is 0 Å². The second-order valence-electron chi connectivity index (χ2n) is 5.54. The van der Waals surface area contributed by atoms with E-state index in [4.69, 9.17) is 0 Å². The first-order valence-corrected chi connectivity index (χ1v) is 7.09. The van der Waals surface area contributed by atoms with Gasteiger partial charge in [0, 0.05) is 5.56 Å². The SMILES string of the molecule is CC(C)(C)c1ccc(O)c(NC(=O)c2cccs2)c1O. The normalized spacial score (nSPS) is 11.3. The van der Waals surface area contributed by atoms with Crippen molar-refractivity contribution in [1.82, 2.24) is 0 Å². The highest BCUT2D eigenvalue weighted by Crippen LogP contribution is 2.41. The van der Waals surface area contributed by atoms with Crippen LogP contribution in [-0.4, -0.2) is 16.1 Å². The average Bonchev–Trinajstić information content (AvgIpc) is 2.86. The van der Waals surface area contributed by atoms with Gasteiger partial charge in [-0.1, -0.05) is 32.9 Å². The molecule has 0 aliphatic heterocycles. The number of aromatic hydroxyl groups is 2. The smallest absolute Gasteiger partial charge is 0.265 e. The highest BCUT2D eigenvalue weighted by molar-refractivity contribution is 7.12. The molecule has 0 atom stereocenters. The van der Waals surface area contributed by atoms with Crippen LogP contribution in [0.25, 0.3) is 0 Å². The van der Waals surface area contributed by atoms with Gasteiger partial charge in [-0.2, -0.15) is 0 Å². The van der Waals surface area contributed by atoms with Crippen molar-refractivity contribution in [3.8, 4) is 11.5 Å². The Hall–Kier alpha value is -2.01. The molecule has 4 nitrogen and oxygen atoms in total. The molecule has 0 bridgehead atoms. The number of thiophene rings is 1. The molecule has 106 valence electrons. The first-order valence-electron chi connectivity index (χ1n) is 6.21. The number of hydrogen-bond donors (Lipinski definition) is 3. The predicted octanol–water partition coefficient (Wildman–Crippen LogP) is 3.71. The summed E-state index contributed by atoms with van der Waals surface area (Å²) >= 11 is 1.30. The maximum atomic E-state index is 12.0. The number of nitrogens with one attached hydrogen (secondary N) is 1. The van der Waals surface area contributed by atoms with Crippen LogP contribution in [0.3, 0.4) is 0 Å². The molecule has 2 aromatic rings. The van der Waals surface area contributed by atoms with Crippen molar-refractivity contribution in [2.24, 2.45) is 0 Å².